The summed E-state index contributed by atoms with van der Waals surface area (Å²) in [4.78, 5) is 0.869. The van der Waals surface area contributed by atoms with E-state index in [1.807, 2.05) is 24.3 Å². The minimum atomic E-state index is -2.05. The van der Waals surface area contributed by atoms with E-state index in [4.69, 9.17) is 0 Å². The van der Waals surface area contributed by atoms with Crippen molar-refractivity contribution in [2.75, 3.05) is 12.3 Å². The molecule has 1 aliphatic heterocycles. The Morgan fingerprint density at radius 3 is 2.54 bits per heavy atom. The highest BCUT2D eigenvalue weighted by atomic mass is 79.9. The van der Waals surface area contributed by atoms with Crippen LogP contribution in [0.5, 0.6) is 0 Å². The molecule has 0 spiro atoms. The average Bonchev–Trinajstić information content (AvgIpc) is 2.54. The van der Waals surface area contributed by atoms with Crippen molar-refractivity contribution in [3.8, 4) is 0 Å². The van der Waals surface area contributed by atoms with Gasteiger partial charge >= 0.3 is 0 Å². The van der Waals surface area contributed by atoms with E-state index in [0.717, 1.165) is 22.3 Å². The van der Waals surface area contributed by atoms with Crippen molar-refractivity contribution in [1.29, 1.82) is 0 Å². The number of rotatable bonds is 1. The number of benzene rings is 1. The van der Waals surface area contributed by atoms with Gasteiger partial charge in [0.25, 0.3) is 0 Å². The van der Waals surface area contributed by atoms with Crippen molar-refractivity contribution in [3.05, 3.63) is 28.7 Å². The molecule has 0 saturated carbocycles. The van der Waals surface area contributed by atoms with Gasteiger partial charge < -0.3 is 0 Å². The van der Waals surface area contributed by atoms with Gasteiger partial charge in [-0.1, -0.05) is 15.9 Å². The predicted molar refractivity (Wildman–Crippen MR) is 57.3 cm³/mol. The normalized spacial score (nSPS) is 27.2. The molecule has 1 aliphatic rings. The van der Waals surface area contributed by atoms with Crippen LogP contribution in [0.25, 0.3) is 0 Å². The molecule has 1 aromatic carbocycles. The molecule has 2 rings (SSSR count). The molecular formula is C9H10BrNOS. The van der Waals surface area contributed by atoms with Gasteiger partial charge in [0.05, 0.1) is 9.73 Å². The van der Waals surface area contributed by atoms with Crippen molar-refractivity contribution in [1.82, 2.24) is 0 Å². The number of hydrogen-bond acceptors (Lipinski definition) is 2. The fourth-order valence-corrected chi connectivity index (χ4v) is 3.66. The standard InChI is InChI=1S/C9H10BrNOS/c10-8-2-4-9(5-3-8)13(12)7-1-6-11-13/h2-5H,1,6-7H2. The Labute approximate surface area is 86.7 Å². The second-order valence-electron chi connectivity index (χ2n) is 3.00. The van der Waals surface area contributed by atoms with Crippen molar-refractivity contribution >= 4 is 25.7 Å². The van der Waals surface area contributed by atoms with E-state index in [2.05, 4.69) is 20.3 Å². The van der Waals surface area contributed by atoms with E-state index in [0.29, 0.717) is 5.75 Å². The van der Waals surface area contributed by atoms with Crippen LogP contribution in [0.15, 0.2) is 38.0 Å². The third-order valence-electron chi connectivity index (χ3n) is 2.06. The number of halogens is 1. The Morgan fingerprint density at radius 2 is 2.00 bits per heavy atom. The molecular weight excluding hydrogens is 250 g/mol. The fourth-order valence-electron chi connectivity index (χ4n) is 1.38. The van der Waals surface area contributed by atoms with E-state index < -0.39 is 9.73 Å². The molecule has 0 aromatic heterocycles. The highest BCUT2D eigenvalue weighted by Gasteiger charge is 2.16. The minimum Gasteiger partial charge on any atom is -0.245 e. The topological polar surface area (TPSA) is 29.4 Å². The van der Waals surface area contributed by atoms with Gasteiger partial charge in [-0.25, -0.2) is 8.57 Å². The van der Waals surface area contributed by atoms with Gasteiger partial charge in [-0.05, 0) is 30.7 Å². The third-order valence-corrected chi connectivity index (χ3v) is 5.04. The van der Waals surface area contributed by atoms with Crippen molar-refractivity contribution in [3.63, 3.8) is 0 Å². The van der Waals surface area contributed by atoms with Crippen molar-refractivity contribution in [2.45, 2.75) is 11.3 Å². The van der Waals surface area contributed by atoms with Gasteiger partial charge in [0.15, 0.2) is 0 Å². The van der Waals surface area contributed by atoms with Crippen LogP contribution in [0, 0.1) is 0 Å². The van der Waals surface area contributed by atoms with Gasteiger partial charge in [-0.3, -0.25) is 0 Å². The maximum atomic E-state index is 12.1. The van der Waals surface area contributed by atoms with Crippen LogP contribution in [0.3, 0.4) is 0 Å². The van der Waals surface area contributed by atoms with Crippen LogP contribution in [-0.4, -0.2) is 16.5 Å². The van der Waals surface area contributed by atoms with Crippen LogP contribution in [0.4, 0.5) is 0 Å². The zero-order chi connectivity index (χ0) is 9.31. The van der Waals surface area contributed by atoms with Crippen LogP contribution in [0.1, 0.15) is 6.42 Å². The molecule has 1 atom stereocenters. The Bertz CT molecular complexity index is 418. The van der Waals surface area contributed by atoms with Crippen molar-refractivity contribution in [2.24, 2.45) is 4.36 Å². The van der Waals surface area contributed by atoms with Gasteiger partial charge in [0.1, 0.15) is 0 Å². The molecule has 0 amide bonds. The Morgan fingerprint density at radius 1 is 1.31 bits per heavy atom. The summed E-state index contributed by atoms with van der Waals surface area (Å²) < 4.78 is 17.3. The average molecular weight is 260 g/mol. The predicted octanol–water partition coefficient (Wildman–Crippen LogP) is 2.68. The lowest BCUT2D eigenvalue weighted by Gasteiger charge is -2.03. The summed E-state index contributed by atoms with van der Waals surface area (Å²) in [5, 5.41) is 0. The summed E-state index contributed by atoms with van der Waals surface area (Å²) in [6, 6.07) is 7.61. The molecule has 0 aliphatic carbocycles. The molecule has 70 valence electrons. The SMILES string of the molecule is O=S1(c2ccc(Br)cc2)=NCCC1. The highest BCUT2D eigenvalue weighted by Crippen LogP contribution is 2.21. The molecule has 0 fully saturated rings. The second-order valence-corrected chi connectivity index (χ2v) is 6.34. The van der Waals surface area contributed by atoms with Gasteiger partial charge in [0.2, 0.25) is 0 Å². The number of hydrogen-bond donors (Lipinski definition) is 0. The summed E-state index contributed by atoms with van der Waals surface area (Å²) in [5.41, 5.74) is 0. The lowest BCUT2D eigenvalue weighted by molar-refractivity contribution is 0.679. The second kappa shape index (κ2) is 3.42. The van der Waals surface area contributed by atoms with Crippen LogP contribution in [0.2, 0.25) is 0 Å². The molecule has 4 heteroatoms. The van der Waals surface area contributed by atoms with Crippen LogP contribution >= 0.6 is 15.9 Å². The summed E-state index contributed by atoms with van der Waals surface area (Å²) in [6.45, 7) is 0.745. The highest BCUT2D eigenvalue weighted by molar-refractivity contribution is 9.10. The monoisotopic (exact) mass is 259 g/mol. The number of nitrogens with zero attached hydrogens (tertiary/aromatic N) is 1. The van der Waals surface area contributed by atoms with Crippen LogP contribution < -0.4 is 0 Å². The van der Waals surface area contributed by atoms with Crippen molar-refractivity contribution < 1.29 is 4.21 Å². The van der Waals surface area contributed by atoms with E-state index in [9.17, 15) is 4.21 Å². The smallest absolute Gasteiger partial charge is 0.0752 e. The van der Waals surface area contributed by atoms with E-state index in [1.54, 1.807) is 0 Å². The summed E-state index contributed by atoms with van der Waals surface area (Å²) >= 11 is 3.35. The van der Waals surface area contributed by atoms with Gasteiger partial charge in [-0.15, -0.1) is 0 Å². The molecule has 1 heterocycles. The molecule has 0 bridgehead atoms. The van der Waals surface area contributed by atoms with E-state index >= 15 is 0 Å². The van der Waals surface area contributed by atoms with E-state index in [1.165, 1.54) is 0 Å². The van der Waals surface area contributed by atoms with E-state index in [-0.39, 0.29) is 0 Å². The lowest BCUT2D eigenvalue weighted by Crippen LogP contribution is -2.00. The zero-order valence-electron chi connectivity index (χ0n) is 7.07. The molecule has 0 N–H and O–H groups in total. The lowest BCUT2D eigenvalue weighted by atomic mass is 10.4. The fraction of sp³-hybridized carbons (Fsp3) is 0.333. The maximum Gasteiger partial charge on any atom is 0.0752 e. The Kier molecular flexibility index (Phi) is 2.43. The first-order chi connectivity index (χ1) is 6.21. The first kappa shape index (κ1) is 9.21. The zero-order valence-corrected chi connectivity index (χ0v) is 9.47. The molecule has 2 nitrogen and oxygen atoms in total. The van der Waals surface area contributed by atoms with Gasteiger partial charge in [-0.2, -0.15) is 0 Å². The molecule has 13 heavy (non-hydrogen) atoms. The van der Waals surface area contributed by atoms with Gasteiger partial charge in [0, 0.05) is 21.7 Å². The first-order valence-corrected chi connectivity index (χ1v) is 6.65. The summed E-state index contributed by atoms with van der Waals surface area (Å²) in [7, 11) is -2.05. The molecule has 0 saturated heterocycles. The Balaban J connectivity index is 2.47. The quantitative estimate of drug-likeness (QED) is 0.763. The Hall–Kier alpha value is -0.350. The summed E-state index contributed by atoms with van der Waals surface area (Å²) in [5.74, 6) is 0.717. The minimum absolute atomic E-state index is 0.717. The summed E-state index contributed by atoms with van der Waals surface area (Å²) in [6.07, 6.45) is 0.953. The largest absolute Gasteiger partial charge is 0.245 e. The molecule has 1 unspecified atom stereocenters. The first-order valence-electron chi connectivity index (χ1n) is 4.17. The molecule has 1 aromatic rings. The van der Waals surface area contributed by atoms with Crippen LogP contribution in [-0.2, 0) is 9.73 Å². The maximum absolute atomic E-state index is 12.1. The third kappa shape index (κ3) is 1.79. The molecule has 0 radical (unpaired) electrons.